The second kappa shape index (κ2) is 8.70. The lowest BCUT2D eigenvalue weighted by atomic mass is 9.83. The van der Waals surface area contributed by atoms with Gasteiger partial charge in [0.1, 0.15) is 17.0 Å². The first-order chi connectivity index (χ1) is 12.9. The van der Waals surface area contributed by atoms with E-state index >= 15 is 0 Å². The van der Waals surface area contributed by atoms with Crippen molar-refractivity contribution < 1.29 is 23.9 Å². The number of Topliss-reactive ketones (excluding diaryl/α,β-unsaturated/α-hetero) is 1. The number of ketones is 1. The first-order valence-electron chi connectivity index (χ1n) is 10.4. The molecule has 2 amide bonds. The van der Waals surface area contributed by atoms with Crippen LogP contribution >= 0.6 is 0 Å². The Balaban J connectivity index is 1.95. The molecule has 0 aromatic heterocycles. The largest absolute Gasteiger partial charge is 0.444 e. The summed E-state index contributed by atoms with van der Waals surface area (Å²) in [4.78, 5) is 41.1. The molecular formula is C21H36N2O5. The molecule has 2 aliphatic heterocycles. The van der Waals surface area contributed by atoms with Crippen molar-refractivity contribution in [3.8, 4) is 0 Å². The van der Waals surface area contributed by atoms with Gasteiger partial charge in [-0.15, -0.1) is 0 Å². The van der Waals surface area contributed by atoms with Crippen molar-refractivity contribution in [2.75, 3.05) is 26.2 Å². The SMILES string of the molecule is CC(C)(C)OC(=O)N1CCC[C@@H](C(=O)[C@@H]2CCCN(C(=O)OC(C)(C)C)C2)C1. The molecule has 28 heavy (non-hydrogen) atoms. The third kappa shape index (κ3) is 6.67. The molecule has 0 unspecified atom stereocenters. The van der Waals surface area contributed by atoms with Gasteiger partial charge in [-0.3, -0.25) is 4.79 Å². The Morgan fingerprint density at radius 3 is 1.39 bits per heavy atom. The van der Waals surface area contributed by atoms with Crippen molar-refractivity contribution in [1.82, 2.24) is 9.80 Å². The number of hydrogen-bond acceptors (Lipinski definition) is 5. The van der Waals surface area contributed by atoms with E-state index in [9.17, 15) is 14.4 Å². The Morgan fingerprint density at radius 2 is 1.07 bits per heavy atom. The highest BCUT2D eigenvalue weighted by molar-refractivity contribution is 5.85. The number of nitrogens with zero attached hydrogens (tertiary/aromatic N) is 2. The van der Waals surface area contributed by atoms with Gasteiger partial charge in [-0.25, -0.2) is 9.59 Å². The summed E-state index contributed by atoms with van der Waals surface area (Å²) >= 11 is 0. The molecule has 7 heteroatoms. The summed E-state index contributed by atoms with van der Waals surface area (Å²) in [5.74, 6) is -0.226. The minimum absolute atomic E-state index is 0.154. The quantitative estimate of drug-likeness (QED) is 0.709. The fraction of sp³-hybridized carbons (Fsp3) is 0.857. The molecule has 2 fully saturated rings. The van der Waals surface area contributed by atoms with Gasteiger partial charge in [-0.2, -0.15) is 0 Å². The number of carbonyl (C=O) groups is 3. The highest BCUT2D eigenvalue weighted by atomic mass is 16.6. The van der Waals surface area contributed by atoms with Crippen LogP contribution < -0.4 is 0 Å². The first kappa shape index (κ1) is 22.5. The van der Waals surface area contributed by atoms with Crippen LogP contribution in [0.25, 0.3) is 0 Å². The maximum Gasteiger partial charge on any atom is 0.410 e. The smallest absolute Gasteiger partial charge is 0.410 e. The zero-order valence-corrected chi connectivity index (χ0v) is 18.2. The van der Waals surface area contributed by atoms with E-state index in [4.69, 9.17) is 9.47 Å². The van der Waals surface area contributed by atoms with Crippen LogP contribution in [0.3, 0.4) is 0 Å². The Labute approximate surface area is 168 Å². The third-order valence-corrected chi connectivity index (χ3v) is 4.95. The maximum atomic E-state index is 13.1. The number of likely N-dealkylation sites (tertiary alicyclic amines) is 2. The van der Waals surface area contributed by atoms with E-state index in [0.717, 1.165) is 25.7 Å². The lowest BCUT2D eigenvalue weighted by Gasteiger charge is -2.37. The van der Waals surface area contributed by atoms with E-state index in [0.29, 0.717) is 26.2 Å². The summed E-state index contributed by atoms with van der Waals surface area (Å²) in [6.45, 7) is 13.1. The van der Waals surface area contributed by atoms with E-state index in [1.54, 1.807) is 9.80 Å². The van der Waals surface area contributed by atoms with Crippen molar-refractivity contribution in [3.05, 3.63) is 0 Å². The highest BCUT2D eigenvalue weighted by Gasteiger charge is 2.37. The molecule has 2 atom stereocenters. The van der Waals surface area contributed by atoms with Gasteiger partial charge in [0.2, 0.25) is 0 Å². The van der Waals surface area contributed by atoms with Crippen molar-refractivity contribution in [1.29, 1.82) is 0 Å². The van der Waals surface area contributed by atoms with Crippen LogP contribution in [0, 0.1) is 11.8 Å². The average Bonchev–Trinajstić information content (AvgIpc) is 2.58. The molecule has 0 aromatic carbocycles. The molecule has 0 N–H and O–H groups in total. The van der Waals surface area contributed by atoms with E-state index in [2.05, 4.69) is 0 Å². The van der Waals surface area contributed by atoms with Gasteiger partial charge in [0.15, 0.2) is 0 Å². The lowest BCUT2D eigenvalue weighted by Crippen LogP contribution is -2.49. The molecule has 2 aliphatic rings. The van der Waals surface area contributed by atoms with Gasteiger partial charge in [0.05, 0.1) is 0 Å². The highest BCUT2D eigenvalue weighted by Crippen LogP contribution is 2.27. The summed E-state index contributed by atoms with van der Waals surface area (Å²) in [6.07, 6.45) is 2.42. The van der Waals surface area contributed by atoms with Crippen LogP contribution in [0.4, 0.5) is 9.59 Å². The minimum Gasteiger partial charge on any atom is -0.444 e. The van der Waals surface area contributed by atoms with Crippen LogP contribution in [0.5, 0.6) is 0 Å². The van der Waals surface area contributed by atoms with Gasteiger partial charge in [-0.05, 0) is 67.2 Å². The van der Waals surface area contributed by atoms with Crippen molar-refractivity contribution in [2.24, 2.45) is 11.8 Å². The van der Waals surface area contributed by atoms with Crippen LogP contribution in [-0.4, -0.2) is 65.2 Å². The van der Waals surface area contributed by atoms with Crippen molar-refractivity contribution in [3.63, 3.8) is 0 Å². The van der Waals surface area contributed by atoms with Crippen LogP contribution in [0.2, 0.25) is 0 Å². The molecule has 0 aliphatic carbocycles. The Hall–Kier alpha value is -1.79. The predicted octanol–water partition coefficient (Wildman–Crippen LogP) is 3.85. The van der Waals surface area contributed by atoms with E-state index in [-0.39, 0.29) is 29.8 Å². The van der Waals surface area contributed by atoms with Gasteiger partial charge in [0.25, 0.3) is 0 Å². The van der Waals surface area contributed by atoms with E-state index < -0.39 is 11.2 Å². The first-order valence-corrected chi connectivity index (χ1v) is 10.4. The van der Waals surface area contributed by atoms with E-state index in [1.807, 2.05) is 41.5 Å². The maximum absolute atomic E-state index is 13.1. The molecule has 7 nitrogen and oxygen atoms in total. The molecular weight excluding hydrogens is 360 g/mol. The molecule has 0 radical (unpaired) electrons. The molecule has 0 spiro atoms. The van der Waals surface area contributed by atoms with Crippen LogP contribution in [0.1, 0.15) is 67.2 Å². The fourth-order valence-electron chi connectivity index (χ4n) is 3.74. The summed E-state index contributed by atoms with van der Waals surface area (Å²) in [6, 6.07) is 0. The normalized spacial score (nSPS) is 23.9. The summed E-state index contributed by atoms with van der Waals surface area (Å²) in [5, 5.41) is 0. The summed E-state index contributed by atoms with van der Waals surface area (Å²) in [7, 11) is 0. The molecule has 2 rings (SSSR count). The third-order valence-electron chi connectivity index (χ3n) is 4.95. The zero-order valence-electron chi connectivity index (χ0n) is 18.2. The number of amides is 2. The topological polar surface area (TPSA) is 76.2 Å². The van der Waals surface area contributed by atoms with Crippen LogP contribution in [0.15, 0.2) is 0 Å². The summed E-state index contributed by atoms with van der Waals surface area (Å²) < 4.78 is 10.9. The van der Waals surface area contributed by atoms with Gasteiger partial charge in [0, 0.05) is 38.0 Å². The molecule has 2 heterocycles. The van der Waals surface area contributed by atoms with Crippen molar-refractivity contribution in [2.45, 2.75) is 78.4 Å². The van der Waals surface area contributed by atoms with Gasteiger partial charge < -0.3 is 19.3 Å². The van der Waals surface area contributed by atoms with Gasteiger partial charge in [-0.1, -0.05) is 0 Å². The predicted molar refractivity (Wildman–Crippen MR) is 106 cm³/mol. The molecule has 160 valence electrons. The second-order valence-corrected chi connectivity index (χ2v) is 9.93. The molecule has 0 saturated carbocycles. The van der Waals surface area contributed by atoms with Crippen LogP contribution in [-0.2, 0) is 14.3 Å². The number of ether oxygens (including phenoxy) is 2. The lowest BCUT2D eigenvalue weighted by molar-refractivity contribution is -0.129. The molecule has 0 bridgehead atoms. The minimum atomic E-state index is -0.550. The van der Waals surface area contributed by atoms with Gasteiger partial charge >= 0.3 is 12.2 Å². The standard InChI is InChI=1S/C21H36N2O5/c1-20(2,3)27-18(25)22-11-7-9-15(13-22)17(24)16-10-8-12-23(14-16)19(26)28-21(4,5)6/h15-16H,7-14H2,1-6H3/t15-,16-/m1/s1. The second-order valence-electron chi connectivity index (χ2n) is 9.93. The number of rotatable bonds is 2. The fourth-order valence-corrected chi connectivity index (χ4v) is 3.74. The Morgan fingerprint density at radius 1 is 0.714 bits per heavy atom. The molecule has 0 aromatic rings. The van der Waals surface area contributed by atoms with Crippen molar-refractivity contribution >= 4 is 18.0 Å². The zero-order chi connectivity index (χ0) is 21.1. The number of hydrogen-bond donors (Lipinski definition) is 0. The number of piperidine rings is 2. The number of carbonyl (C=O) groups excluding carboxylic acids is 3. The Bertz CT molecular complexity index is 541. The van der Waals surface area contributed by atoms with E-state index in [1.165, 1.54) is 0 Å². The summed E-state index contributed by atoms with van der Waals surface area (Å²) in [5.41, 5.74) is -1.10. The molecule has 2 saturated heterocycles. The Kier molecular flexibility index (Phi) is 6.99. The average molecular weight is 397 g/mol. The monoisotopic (exact) mass is 396 g/mol.